The third kappa shape index (κ3) is 2.33. The Morgan fingerprint density at radius 1 is 1.33 bits per heavy atom. The minimum absolute atomic E-state index is 0.251. The average Bonchev–Trinajstić information content (AvgIpc) is 2.27. The van der Waals surface area contributed by atoms with Gasteiger partial charge >= 0.3 is 5.97 Å². The summed E-state index contributed by atoms with van der Waals surface area (Å²) in [7, 11) is -1.81. The topological polar surface area (TPSA) is 63.7 Å². The van der Waals surface area contributed by atoms with Crippen molar-refractivity contribution in [1.82, 2.24) is 0 Å². The number of methoxy groups -OCH3 is 1. The largest absolute Gasteiger partial charge is 0.467 e. The molecular weight excluding hydrogens is 254 g/mol. The molecule has 6 heteroatoms. The Bertz CT molecular complexity index is 550. The summed E-state index contributed by atoms with van der Waals surface area (Å²) < 4.78 is 27.4. The molecule has 1 aromatic carbocycles. The van der Waals surface area contributed by atoms with E-state index in [9.17, 15) is 13.2 Å². The standard InChI is InChI=1S/C12H15NO4S/c1-17-12(14)11-7-8-13(11)9-3-5-10(6-4-9)18(2,15)16/h3-6,11H,7-8H2,1-2H3. The number of rotatable bonds is 3. The second-order valence-electron chi connectivity index (χ2n) is 4.29. The molecule has 1 saturated heterocycles. The molecule has 1 aliphatic heterocycles. The van der Waals surface area contributed by atoms with Gasteiger partial charge in [-0.2, -0.15) is 0 Å². The van der Waals surface area contributed by atoms with Crippen LogP contribution in [0.1, 0.15) is 6.42 Å². The van der Waals surface area contributed by atoms with Crippen LogP contribution in [0.3, 0.4) is 0 Å². The Hall–Kier alpha value is -1.56. The fraction of sp³-hybridized carbons (Fsp3) is 0.417. The number of ether oxygens (including phenoxy) is 1. The second kappa shape index (κ2) is 4.61. The van der Waals surface area contributed by atoms with Crippen LogP contribution in [0.4, 0.5) is 5.69 Å². The number of hydrogen-bond acceptors (Lipinski definition) is 5. The molecule has 0 spiro atoms. The molecule has 0 aromatic heterocycles. The van der Waals surface area contributed by atoms with E-state index in [-0.39, 0.29) is 16.9 Å². The van der Waals surface area contributed by atoms with Crippen LogP contribution in [0, 0.1) is 0 Å². The number of anilines is 1. The zero-order valence-electron chi connectivity index (χ0n) is 10.3. The van der Waals surface area contributed by atoms with E-state index in [1.54, 1.807) is 24.3 Å². The molecule has 0 saturated carbocycles. The van der Waals surface area contributed by atoms with Gasteiger partial charge in [0.1, 0.15) is 6.04 Å². The van der Waals surface area contributed by atoms with Crippen molar-refractivity contribution in [2.45, 2.75) is 17.4 Å². The summed E-state index contributed by atoms with van der Waals surface area (Å²) in [5.41, 5.74) is 0.837. The smallest absolute Gasteiger partial charge is 0.328 e. The zero-order chi connectivity index (χ0) is 13.3. The van der Waals surface area contributed by atoms with Gasteiger partial charge in [0, 0.05) is 18.5 Å². The first-order valence-electron chi connectivity index (χ1n) is 5.58. The van der Waals surface area contributed by atoms with Crippen molar-refractivity contribution in [3.05, 3.63) is 24.3 Å². The van der Waals surface area contributed by atoms with E-state index in [4.69, 9.17) is 4.74 Å². The van der Waals surface area contributed by atoms with Gasteiger partial charge in [-0.05, 0) is 30.7 Å². The molecule has 0 radical (unpaired) electrons. The van der Waals surface area contributed by atoms with Gasteiger partial charge in [0.2, 0.25) is 0 Å². The number of esters is 1. The summed E-state index contributed by atoms with van der Waals surface area (Å²) in [6, 6.07) is 6.28. The van der Waals surface area contributed by atoms with E-state index >= 15 is 0 Å². The van der Waals surface area contributed by atoms with Crippen LogP contribution in [-0.2, 0) is 19.4 Å². The monoisotopic (exact) mass is 269 g/mol. The molecular formula is C12H15NO4S. The number of hydrogen-bond donors (Lipinski definition) is 0. The fourth-order valence-corrected chi connectivity index (χ4v) is 2.59. The number of benzene rings is 1. The van der Waals surface area contributed by atoms with Crippen molar-refractivity contribution in [3.63, 3.8) is 0 Å². The molecule has 1 fully saturated rings. The maximum absolute atomic E-state index is 11.4. The lowest BCUT2D eigenvalue weighted by atomic mass is 10.0. The number of nitrogens with zero attached hydrogens (tertiary/aromatic N) is 1. The summed E-state index contributed by atoms with van der Waals surface area (Å²) in [5.74, 6) is -0.256. The lowest BCUT2D eigenvalue weighted by molar-refractivity contribution is -0.143. The second-order valence-corrected chi connectivity index (χ2v) is 6.30. The number of carbonyl (C=O) groups is 1. The summed E-state index contributed by atoms with van der Waals surface area (Å²) >= 11 is 0. The first kappa shape index (κ1) is 12.9. The summed E-state index contributed by atoms with van der Waals surface area (Å²) in [4.78, 5) is 13.6. The normalized spacial score (nSPS) is 19.2. The first-order valence-corrected chi connectivity index (χ1v) is 7.47. The van der Waals surface area contributed by atoms with E-state index in [0.717, 1.165) is 18.7 Å². The molecule has 1 aliphatic rings. The van der Waals surface area contributed by atoms with Crippen LogP contribution in [0.25, 0.3) is 0 Å². The molecule has 18 heavy (non-hydrogen) atoms. The van der Waals surface area contributed by atoms with E-state index < -0.39 is 9.84 Å². The molecule has 98 valence electrons. The molecule has 0 aliphatic carbocycles. The highest BCUT2D eigenvalue weighted by Crippen LogP contribution is 2.28. The predicted molar refractivity (Wildman–Crippen MR) is 67.3 cm³/mol. The molecule has 5 nitrogen and oxygen atoms in total. The quantitative estimate of drug-likeness (QED) is 0.761. The van der Waals surface area contributed by atoms with Crippen LogP contribution in [0.15, 0.2) is 29.2 Å². The maximum Gasteiger partial charge on any atom is 0.328 e. The molecule has 0 N–H and O–H groups in total. The van der Waals surface area contributed by atoms with Crippen molar-refractivity contribution >= 4 is 21.5 Å². The van der Waals surface area contributed by atoms with Gasteiger partial charge in [0.25, 0.3) is 0 Å². The van der Waals surface area contributed by atoms with Crippen molar-refractivity contribution in [2.24, 2.45) is 0 Å². The summed E-state index contributed by atoms with van der Waals surface area (Å²) in [5, 5.41) is 0. The predicted octanol–water partition coefficient (Wildman–Crippen LogP) is 0.842. The van der Waals surface area contributed by atoms with Crippen molar-refractivity contribution < 1.29 is 17.9 Å². The van der Waals surface area contributed by atoms with Crippen LogP contribution >= 0.6 is 0 Å². The van der Waals surface area contributed by atoms with E-state index in [0.29, 0.717) is 0 Å². The maximum atomic E-state index is 11.4. The van der Waals surface area contributed by atoms with Gasteiger partial charge in [-0.25, -0.2) is 13.2 Å². The van der Waals surface area contributed by atoms with E-state index in [1.807, 2.05) is 4.90 Å². The Balaban J connectivity index is 2.18. The van der Waals surface area contributed by atoms with Crippen LogP contribution in [-0.4, -0.2) is 40.3 Å². The van der Waals surface area contributed by atoms with Crippen molar-refractivity contribution in [1.29, 1.82) is 0 Å². The Morgan fingerprint density at radius 2 is 1.94 bits per heavy atom. The summed E-state index contributed by atoms with van der Waals surface area (Å²) in [6.45, 7) is 0.776. The highest BCUT2D eigenvalue weighted by atomic mass is 32.2. The number of sulfone groups is 1. The Kier molecular flexibility index (Phi) is 3.30. The highest BCUT2D eigenvalue weighted by molar-refractivity contribution is 7.90. The molecule has 1 heterocycles. The zero-order valence-corrected chi connectivity index (χ0v) is 11.1. The van der Waals surface area contributed by atoms with Crippen LogP contribution in [0.5, 0.6) is 0 Å². The third-order valence-corrected chi connectivity index (χ3v) is 4.22. The lowest BCUT2D eigenvalue weighted by Crippen LogP contribution is -2.53. The van der Waals surface area contributed by atoms with Crippen molar-refractivity contribution in [2.75, 3.05) is 24.8 Å². The van der Waals surface area contributed by atoms with Gasteiger partial charge < -0.3 is 9.64 Å². The van der Waals surface area contributed by atoms with Gasteiger partial charge in [-0.15, -0.1) is 0 Å². The minimum atomic E-state index is -3.18. The molecule has 2 rings (SSSR count). The van der Waals surface area contributed by atoms with Gasteiger partial charge in [-0.1, -0.05) is 0 Å². The minimum Gasteiger partial charge on any atom is -0.467 e. The molecule has 0 bridgehead atoms. The highest BCUT2D eigenvalue weighted by Gasteiger charge is 2.35. The first-order chi connectivity index (χ1) is 8.43. The van der Waals surface area contributed by atoms with Crippen molar-refractivity contribution in [3.8, 4) is 0 Å². The Labute approximate surface area is 106 Å². The van der Waals surface area contributed by atoms with Crippen LogP contribution in [0.2, 0.25) is 0 Å². The Morgan fingerprint density at radius 3 is 2.33 bits per heavy atom. The third-order valence-electron chi connectivity index (χ3n) is 3.09. The molecule has 0 amide bonds. The molecule has 1 unspecified atom stereocenters. The average molecular weight is 269 g/mol. The number of carbonyl (C=O) groups excluding carboxylic acids is 1. The van der Waals surface area contributed by atoms with Gasteiger partial charge in [0.05, 0.1) is 12.0 Å². The van der Waals surface area contributed by atoms with E-state index in [1.165, 1.54) is 13.4 Å². The van der Waals surface area contributed by atoms with Gasteiger partial charge in [0.15, 0.2) is 9.84 Å². The summed E-state index contributed by atoms with van der Waals surface area (Å²) in [6.07, 6.45) is 1.93. The molecule has 1 aromatic rings. The van der Waals surface area contributed by atoms with Crippen LogP contribution < -0.4 is 4.90 Å². The lowest BCUT2D eigenvalue weighted by Gasteiger charge is -2.40. The van der Waals surface area contributed by atoms with Gasteiger partial charge in [-0.3, -0.25) is 0 Å². The molecule has 1 atom stereocenters. The SMILES string of the molecule is COC(=O)C1CCN1c1ccc(S(C)(=O)=O)cc1. The van der Waals surface area contributed by atoms with E-state index in [2.05, 4.69) is 0 Å². The fourth-order valence-electron chi connectivity index (χ4n) is 1.96.